The summed E-state index contributed by atoms with van der Waals surface area (Å²) >= 11 is 0. The Balaban J connectivity index is 1.61. The highest BCUT2D eigenvalue weighted by Crippen LogP contribution is 2.48. The van der Waals surface area contributed by atoms with E-state index >= 15 is 0 Å². The molecule has 4 nitrogen and oxygen atoms in total. The van der Waals surface area contributed by atoms with Crippen LogP contribution in [0.5, 0.6) is 11.5 Å². The highest BCUT2D eigenvalue weighted by atomic mass is 16.3. The van der Waals surface area contributed by atoms with Gasteiger partial charge in [-0.1, -0.05) is 84.9 Å². The second-order valence-corrected chi connectivity index (χ2v) is 9.48. The van der Waals surface area contributed by atoms with Crippen LogP contribution in [0.25, 0.3) is 43.1 Å². The van der Waals surface area contributed by atoms with Crippen LogP contribution in [0.4, 0.5) is 0 Å². The zero-order valence-corrected chi connectivity index (χ0v) is 20.1. The molecule has 0 saturated carbocycles. The van der Waals surface area contributed by atoms with Crippen molar-refractivity contribution >= 4 is 54.7 Å². The van der Waals surface area contributed by atoms with Crippen LogP contribution in [0, 0.1) is 0 Å². The lowest BCUT2D eigenvalue weighted by Crippen LogP contribution is -2.04. The van der Waals surface area contributed by atoms with Gasteiger partial charge in [0.15, 0.2) is 11.6 Å². The number of benzene rings is 7. The predicted octanol–water partition coefficient (Wildman–Crippen LogP) is 7.61. The van der Waals surface area contributed by atoms with Crippen molar-refractivity contribution in [2.75, 3.05) is 0 Å². The Kier molecular flexibility index (Phi) is 4.72. The van der Waals surface area contributed by atoms with Crippen molar-refractivity contribution in [2.45, 2.75) is 0 Å². The van der Waals surface area contributed by atoms with Gasteiger partial charge in [-0.3, -0.25) is 9.59 Å². The van der Waals surface area contributed by atoms with Gasteiger partial charge in [-0.15, -0.1) is 0 Å². The fourth-order valence-corrected chi connectivity index (χ4v) is 5.73. The van der Waals surface area contributed by atoms with Crippen LogP contribution in [0.2, 0.25) is 0 Å². The van der Waals surface area contributed by atoms with E-state index in [1.54, 1.807) is 36.4 Å². The van der Waals surface area contributed by atoms with E-state index in [2.05, 4.69) is 0 Å². The van der Waals surface area contributed by atoms with Crippen LogP contribution in [-0.2, 0) is 0 Å². The van der Waals surface area contributed by atoms with Gasteiger partial charge in [0.2, 0.25) is 0 Å². The van der Waals surface area contributed by atoms with Gasteiger partial charge in [0, 0.05) is 43.8 Å². The maximum atomic E-state index is 13.5. The van der Waals surface area contributed by atoms with E-state index in [0.29, 0.717) is 54.6 Å². The maximum absolute atomic E-state index is 13.5. The molecule has 0 spiro atoms. The second kappa shape index (κ2) is 8.15. The monoisotopic (exact) mass is 492 g/mol. The third kappa shape index (κ3) is 3.04. The molecule has 7 rings (SSSR count). The Morgan fingerprint density at radius 1 is 0.421 bits per heavy atom. The lowest BCUT2D eigenvalue weighted by Gasteiger charge is -2.19. The Morgan fingerprint density at radius 2 is 0.921 bits per heavy atom. The molecular formula is C34H20O4. The van der Waals surface area contributed by atoms with Gasteiger partial charge < -0.3 is 10.2 Å². The van der Waals surface area contributed by atoms with Crippen LogP contribution < -0.4 is 0 Å². The first-order chi connectivity index (χ1) is 18.5. The highest BCUT2D eigenvalue weighted by Gasteiger charge is 2.24. The number of aromatic hydroxyl groups is 2. The van der Waals surface area contributed by atoms with Gasteiger partial charge in [-0.2, -0.15) is 0 Å². The molecule has 38 heavy (non-hydrogen) atoms. The van der Waals surface area contributed by atoms with Crippen molar-refractivity contribution in [3.63, 3.8) is 0 Å². The first-order valence-corrected chi connectivity index (χ1v) is 12.3. The van der Waals surface area contributed by atoms with Crippen molar-refractivity contribution < 1.29 is 19.8 Å². The number of fused-ring (bicyclic) bond motifs is 2. The van der Waals surface area contributed by atoms with E-state index in [4.69, 9.17) is 0 Å². The molecule has 7 aromatic carbocycles. The van der Waals surface area contributed by atoms with Gasteiger partial charge in [0.25, 0.3) is 0 Å². The van der Waals surface area contributed by atoms with Gasteiger partial charge in [-0.25, -0.2) is 0 Å². The number of carbonyl (C=O) groups excluding carboxylic acids is 2. The summed E-state index contributed by atoms with van der Waals surface area (Å²) in [5.74, 6) is -0.416. The van der Waals surface area contributed by atoms with E-state index < -0.39 is 0 Å². The van der Waals surface area contributed by atoms with E-state index in [-0.39, 0.29) is 23.1 Å². The minimum absolute atomic E-state index is 0.00343. The predicted molar refractivity (Wildman–Crippen MR) is 151 cm³/mol. The second-order valence-electron chi connectivity index (χ2n) is 9.48. The third-order valence-electron chi connectivity index (χ3n) is 7.40. The molecule has 2 N–H and O–H groups in total. The van der Waals surface area contributed by atoms with Gasteiger partial charge in [0.05, 0.1) is 0 Å². The molecule has 0 saturated heterocycles. The van der Waals surface area contributed by atoms with E-state index in [1.807, 2.05) is 66.7 Å². The number of phenolic OH excluding ortho intramolecular Hbond substituents is 2. The summed E-state index contributed by atoms with van der Waals surface area (Å²) in [5, 5.41) is 27.8. The van der Waals surface area contributed by atoms with Crippen molar-refractivity contribution in [1.82, 2.24) is 0 Å². The smallest absolute Gasteiger partial charge is 0.193 e. The first kappa shape index (κ1) is 22.0. The number of phenols is 2. The molecule has 180 valence electrons. The van der Waals surface area contributed by atoms with Crippen molar-refractivity contribution in [1.29, 1.82) is 0 Å². The first-order valence-electron chi connectivity index (χ1n) is 12.3. The van der Waals surface area contributed by atoms with Crippen LogP contribution in [0.1, 0.15) is 31.8 Å². The summed E-state index contributed by atoms with van der Waals surface area (Å²) < 4.78 is 0. The van der Waals surface area contributed by atoms with Crippen molar-refractivity contribution in [2.24, 2.45) is 0 Å². The molecule has 0 aliphatic rings. The van der Waals surface area contributed by atoms with Gasteiger partial charge >= 0.3 is 0 Å². The minimum atomic E-state index is -0.193. The Hall–Kier alpha value is -5.22. The maximum Gasteiger partial charge on any atom is 0.193 e. The molecule has 0 radical (unpaired) electrons. The number of hydrogen-bond donors (Lipinski definition) is 2. The zero-order chi connectivity index (χ0) is 26.0. The van der Waals surface area contributed by atoms with E-state index in [9.17, 15) is 19.8 Å². The number of ketones is 2. The van der Waals surface area contributed by atoms with Crippen LogP contribution in [0.15, 0.2) is 109 Å². The standard InChI is InChI=1S/C34H20O4/c35-27-17-16-24-25(33(37)19-8-3-1-4-9-19)15-14-23-21-12-7-13-22-26(34(38)20-10-5-2-6-11-20)18-28(36)32(29(21)22)31(27)30(23)24/h1-18,35-36H. The van der Waals surface area contributed by atoms with Crippen LogP contribution >= 0.6 is 0 Å². The Bertz CT molecular complexity index is 2030. The number of hydrogen-bond acceptors (Lipinski definition) is 4. The molecule has 0 aliphatic heterocycles. The summed E-state index contributed by atoms with van der Waals surface area (Å²) in [4.78, 5) is 27.0. The topological polar surface area (TPSA) is 74.6 Å². The summed E-state index contributed by atoms with van der Waals surface area (Å²) in [6, 6.07) is 32.3. The largest absolute Gasteiger partial charge is 0.507 e. The zero-order valence-electron chi connectivity index (χ0n) is 20.1. The molecule has 0 atom stereocenters. The fraction of sp³-hybridized carbons (Fsp3) is 0. The molecule has 0 aromatic heterocycles. The molecule has 0 bridgehead atoms. The quantitative estimate of drug-likeness (QED) is 0.151. The Labute approximate surface area is 217 Å². The summed E-state index contributed by atoms with van der Waals surface area (Å²) in [6.07, 6.45) is 0. The van der Waals surface area contributed by atoms with E-state index in [0.717, 1.165) is 10.8 Å². The summed E-state index contributed by atoms with van der Waals surface area (Å²) in [5.41, 5.74) is 2.00. The molecule has 0 heterocycles. The normalized spacial score (nSPS) is 11.6. The van der Waals surface area contributed by atoms with Gasteiger partial charge in [0.1, 0.15) is 11.5 Å². The van der Waals surface area contributed by atoms with Gasteiger partial charge in [-0.05, 0) is 45.8 Å². The average molecular weight is 493 g/mol. The lowest BCUT2D eigenvalue weighted by atomic mass is 9.84. The number of carbonyl (C=O) groups is 2. The lowest BCUT2D eigenvalue weighted by molar-refractivity contribution is 0.103. The molecule has 0 unspecified atom stereocenters. The molecule has 0 amide bonds. The van der Waals surface area contributed by atoms with E-state index in [1.165, 1.54) is 6.07 Å². The Morgan fingerprint density at radius 3 is 1.58 bits per heavy atom. The minimum Gasteiger partial charge on any atom is -0.507 e. The molecular weight excluding hydrogens is 472 g/mol. The molecule has 7 aromatic rings. The molecule has 4 heteroatoms. The third-order valence-corrected chi connectivity index (χ3v) is 7.40. The van der Waals surface area contributed by atoms with Crippen molar-refractivity contribution in [3.05, 3.63) is 131 Å². The van der Waals surface area contributed by atoms with Crippen molar-refractivity contribution in [3.8, 4) is 11.5 Å². The summed E-state index contributed by atoms with van der Waals surface area (Å²) in [6.45, 7) is 0. The fourth-order valence-electron chi connectivity index (χ4n) is 5.73. The SMILES string of the molecule is O=C(c1ccccc1)c1ccc2c3cccc4c(C(=O)c5ccccc5)cc(O)c(c5c(O)ccc1c25)c43. The molecule has 0 aliphatic carbocycles. The van der Waals surface area contributed by atoms with Crippen LogP contribution in [-0.4, -0.2) is 21.8 Å². The average Bonchev–Trinajstić information content (AvgIpc) is 2.97. The van der Waals surface area contributed by atoms with Crippen LogP contribution in [0.3, 0.4) is 0 Å². The number of rotatable bonds is 4. The highest BCUT2D eigenvalue weighted by molar-refractivity contribution is 6.38. The summed E-state index contributed by atoms with van der Waals surface area (Å²) in [7, 11) is 0. The molecule has 0 fully saturated rings.